The Balaban J connectivity index is 1.55. The second-order valence-electron chi connectivity index (χ2n) is 5.09. The molecule has 0 saturated carbocycles. The number of hydrogen-bond acceptors (Lipinski definition) is 6. The van der Waals surface area contributed by atoms with Crippen molar-refractivity contribution < 1.29 is 18.7 Å². The molecule has 0 bridgehead atoms. The third-order valence-electron chi connectivity index (χ3n) is 3.59. The van der Waals surface area contributed by atoms with Crippen LogP contribution in [0.4, 0.5) is 0 Å². The summed E-state index contributed by atoms with van der Waals surface area (Å²) in [6.45, 7) is 1.23. The van der Waals surface area contributed by atoms with E-state index in [9.17, 15) is 4.79 Å². The van der Waals surface area contributed by atoms with Crippen LogP contribution in [-0.4, -0.2) is 47.1 Å². The van der Waals surface area contributed by atoms with Crippen molar-refractivity contribution in [2.45, 2.75) is 18.9 Å². The van der Waals surface area contributed by atoms with Crippen molar-refractivity contribution in [2.24, 2.45) is 0 Å². The number of amides is 1. The zero-order chi connectivity index (χ0) is 16.2. The summed E-state index contributed by atoms with van der Waals surface area (Å²) >= 11 is 3.20. The first-order valence-electron chi connectivity index (χ1n) is 7.24. The monoisotopic (exact) mass is 381 g/mol. The Morgan fingerprint density at radius 1 is 1.35 bits per heavy atom. The Morgan fingerprint density at radius 3 is 2.78 bits per heavy atom. The fourth-order valence-corrected chi connectivity index (χ4v) is 2.73. The lowest BCUT2D eigenvalue weighted by Gasteiger charge is -2.31. The average molecular weight is 382 g/mol. The largest absolute Gasteiger partial charge is 0.474 e. The van der Waals surface area contributed by atoms with E-state index in [-0.39, 0.29) is 18.0 Å². The summed E-state index contributed by atoms with van der Waals surface area (Å²) < 4.78 is 16.7. The third-order valence-corrected chi connectivity index (χ3v) is 4.02. The maximum absolute atomic E-state index is 12.3. The Kier molecular flexibility index (Phi) is 4.80. The minimum absolute atomic E-state index is 0.0157. The first kappa shape index (κ1) is 15.8. The molecule has 2 aromatic heterocycles. The molecule has 7 nitrogen and oxygen atoms in total. The highest BCUT2D eigenvalue weighted by Crippen LogP contribution is 2.21. The van der Waals surface area contributed by atoms with Crippen molar-refractivity contribution >= 4 is 21.8 Å². The number of nitrogens with zero attached hydrogens (tertiary/aromatic N) is 3. The number of likely N-dealkylation sites (tertiary alicyclic amines) is 1. The lowest BCUT2D eigenvalue weighted by Crippen LogP contribution is -2.41. The van der Waals surface area contributed by atoms with Crippen LogP contribution in [0, 0.1) is 0 Å². The van der Waals surface area contributed by atoms with Crippen LogP contribution >= 0.6 is 15.9 Å². The Hall–Kier alpha value is -2.09. The summed E-state index contributed by atoms with van der Waals surface area (Å²) in [4.78, 5) is 22.1. The van der Waals surface area contributed by atoms with Crippen LogP contribution in [0.15, 0.2) is 33.5 Å². The minimum Gasteiger partial charge on any atom is -0.474 e. The molecule has 8 heteroatoms. The molecule has 122 valence electrons. The van der Waals surface area contributed by atoms with Crippen LogP contribution in [0.3, 0.4) is 0 Å². The zero-order valence-corrected chi connectivity index (χ0v) is 14.2. The Morgan fingerprint density at radius 2 is 2.13 bits per heavy atom. The Labute approximate surface area is 141 Å². The van der Waals surface area contributed by atoms with Gasteiger partial charge < -0.3 is 18.8 Å². The number of rotatable bonds is 4. The molecule has 3 heterocycles. The van der Waals surface area contributed by atoms with Gasteiger partial charge in [-0.15, -0.1) is 0 Å². The lowest BCUT2D eigenvalue weighted by atomic mass is 10.1. The number of halogens is 1. The fraction of sp³-hybridized carbons (Fsp3) is 0.400. The van der Waals surface area contributed by atoms with Gasteiger partial charge in [0, 0.05) is 38.2 Å². The van der Waals surface area contributed by atoms with E-state index in [1.165, 1.54) is 7.11 Å². The fourth-order valence-electron chi connectivity index (χ4n) is 2.42. The van der Waals surface area contributed by atoms with E-state index in [0.29, 0.717) is 29.4 Å². The minimum atomic E-state index is -0.0992. The highest BCUT2D eigenvalue weighted by Gasteiger charge is 2.26. The number of ether oxygens (including phenoxy) is 2. The van der Waals surface area contributed by atoms with E-state index >= 15 is 0 Å². The smallest absolute Gasteiger partial charge is 0.319 e. The first-order valence-corrected chi connectivity index (χ1v) is 8.03. The predicted molar refractivity (Wildman–Crippen MR) is 84.5 cm³/mol. The molecule has 2 aromatic rings. The van der Waals surface area contributed by atoms with Gasteiger partial charge in [0.05, 0.1) is 7.11 Å². The second kappa shape index (κ2) is 6.99. The molecule has 0 unspecified atom stereocenters. The molecule has 0 atom stereocenters. The SMILES string of the molecule is COc1nccc(OC2CCN(C(=O)c3ccc(Br)o3)CC2)n1. The summed E-state index contributed by atoms with van der Waals surface area (Å²) in [6, 6.07) is 5.35. The second-order valence-corrected chi connectivity index (χ2v) is 5.88. The molecular weight excluding hydrogens is 366 g/mol. The van der Waals surface area contributed by atoms with Gasteiger partial charge in [0.1, 0.15) is 6.10 Å². The zero-order valence-electron chi connectivity index (χ0n) is 12.6. The van der Waals surface area contributed by atoms with Gasteiger partial charge in [-0.3, -0.25) is 4.79 Å². The van der Waals surface area contributed by atoms with Gasteiger partial charge in [0.2, 0.25) is 5.88 Å². The van der Waals surface area contributed by atoms with Gasteiger partial charge in [0.25, 0.3) is 5.91 Å². The van der Waals surface area contributed by atoms with E-state index in [2.05, 4.69) is 25.9 Å². The molecule has 1 saturated heterocycles. The topological polar surface area (TPSA) is 77.7 Å². The predicted octanol–water partition coefficient (Wildman–Crippen LogP) is 2.52. The van der Waals surface area contributed by atoms with Gasteiger partial charge in [-0.25, -0.2) is 4.98 Å². The summed E-state index contributed by atoms with van der Waals surface area (Å²) in [5, 5.41) is 0. The standard InChI is InChI=1S/C15H16BrN3O4/c1-21-15-17-7-4-13(18-15)22-10-5-8-19(9-6-10)14(20)11-2-3-12(16)23-11/h2-4,7,10H,5-6,8-9H2,1H3. The van der Waals surface area contributed by atoms with Crippen molar-refractivity contribution in [3.8, 4) is 11.9 Å². The number of aromatic nitrogens is 2. The third kappa shape index (κ3) is 3.82. The van der Waals surface area contributed by atoms with E-state index < -0.39 is 0 Å². The highest BCUT2D eigenvalue weighted by molar-refractivity contribution is 9.10. The lowest BCUT2D eigenvalue weighted by molar-refractivity contribution is 0.0557. The number of piperidine rings is 1. The quantitative estimate of drug-likeness (QED) is 0.809. The van der Waals surface area contributed by atoms with E-state index in [0.717, 1.165) is 12.8 Å². The van der Waals surface area contributed by atoms with Crippen LogP contribution in [0.1, 0.15) is 23.4 Å². The van der Waals surface area contributed by atoms with Crippen LogP contribution in [-0.2, 0) is 0 Å². The van der Waals surface area contributed by atoms with Gasteiger partial charge in [-0.2, -0.15) is 4.98 Å². The van der Waals surface area contributed by atoms with Gasteiger partial charge in [-0.05, 0) is 28.1 Å². The molecule has 1 amide bonds. The number of carbonyl (C=O) groups is 1. The molecule has 1 fully saturated rings. The van der Waals surface area contributed by atoms with Gasteiger partial charge >= 0.3 is 6.01 Å². The number of furan rings is 1. The molecule has 0 aromatic carbocycles. The van der Waals surface area contributed by atoms with Crippen LogP contribution in [0.25, 0.3) is 0 Å². The van der Waals surface area contributed by atoms with Crippen molar-refractivity contribution in [1.29, 1.82) is 0 Å². The molecule has 23 heavy (non-hydrogen) atoms. The first-order chi connectivity index (χ1) is 11.2. The normalized spacial score (nSPS) is 15.5. The summed E-state index contributed by atoms with van der Waals surface area (Å²) in [5.41, 5.74) is 0. The highest BCUT2D eigenvalue weighted by atomic mass is 79.9. The molecule has 0 N–H and O–H groups in total. The molecule has 3 rings (SSSR count). The van der Waals surface area contributed by atoms with Crippen molar-refractivity contribution in [3.05, 3.63) is 34.8 Å². The molecule has 1 aliphatic heterocycles. The summed E-state index contributed by atoms with van der Waals surface area (Å²) in [5.74, 6) is 0.728. The van der Waals surface area contributed by atoms with Crippen molar-refractivity contribution in [2.75, 3.05) is 20.2 Å². The maximum atomic E-state index is 12.3. The van der Waals surface area contributed by atoms with Crippen LogP contribution in [0.5, 0.6) is 11.9 Å². The molecule has 0 radical (unpaired) electrons. The molecule has 1 aliphatic rings. The van der Waals surface area contributed by atoms with Crippen LogP contribution < -0.4 is 9.47 Å². The van der Waals surface area contributed by atoms with Crippen molar-refractivity contribution in [3.63, 3.8) is 0 Å². The summed E-state index contributed by atoms with van der Waals surface area (Å²) in [6.07, 6.45) is 3.08. The Bertz CT molecular complexity index is 683. The van der Waals surface area contributed by atoms with Gasteiger partial charge in [-0.1, -0.05) is 0 Å². The number of carbonyl (C=O) groups excluding carboxylic acids is 1. The van der Waals surface area contributed by atoms with E-state index in [4.69, 9.17) is 13.9 Å². The van der Waals surface area contributed by atoms with E-state index in [1.807, 2.05) is 0 Å². The molecule has 0 spiro atoms. The summed E-state index contributed by atoms with van der Waals surface area (Å²) in [7, 11) is 1.51. The number of hydrogen-bond donors (Lipinski definition) is 0. The average Bonchev–Trinajstić information content (AvgIpc) is 3.01. The maximum Gasteiger partial charge on any atom is 0.319 e. The van der Waals surface area contributed by atoms with E-state index in [1.54, 1.807) is 29.3 Å². The molecule has 0 aliphatic carbocycles. The van der Waals surface area contributed by atoms with Crippen molar-refractivity contribution in [1.82, 2.24) is 14.9 Å². The van der Waals surface area contributed by atoms with Crippen LogP contribution in [0.2, 0.25) is 0 Å². The van der Waals surface area contributed by atoms with Gasteiger partial charge in [0.15, 0.2) is 10.4 Å². The number of methoxy groups -OCH3 is 1. The molecular formula is C15H16BrN3O4.